The number of alkyl halides is 3. The average molecular weight is 380 g/mol. The minimum Gasteiger partial charge on any atom is -0.459 e. The SMILES string of the molecule is CC(OC(=O)c1ccccc1)C(C)C(OC(=O)c1ccccc1)C(F)(F)F. The van der Waals surface area contributed by atoms with E-state index in [-0.39, 0.29) is 11.1 Å². The van der Waals surface area contributed by atoms with Crippen LogP contribution in [0.25, 0.3) is 0 Å². The fraction of sp³-hybridized carbons (Fsp3) is 0.300. The molecular formula is C20H19F3O4. The molecule has 0 fully saturated rings. The highest BCUT2D eigenvalue weighted by Gasteiger charge is 2.48. The van der Waals surface area contributed by atoms with Gasteiger partial charge in [-0.05, 0) is 31.2 Å². The van der Waals surface area contributed by atoms with Gasteiger partial charge in [0, 0.05) is 5.92 Å². The molecule has 0 N–H and O–H groups in total. The van der Waals surface area contributed by atoms with Gasteiger partial charge in [0.25, 0.3) is 0 Å². The first-order chi connectivity index (χ1) is 12.7. The molecule has 144 valence electrons. The average Bonchev–Trinajstić information content (AvgIpc) is 2.65. The first kappa shape index (κ1) is 20.5. The summed E-state index contributed by atoms with van der Waals surface area (Å²) in [5.74, 6) is -3.14. The largest absolute Gasteiger partial charge is 0.459 e. The predicted octanol–water partition coefficient (Wildman–Crippen LogP) is 4.66. The van der Waals surface area contributed by atoms with E-state index in [4.69, 9.17) is 9.47 Å². The van der Waals surface area contributed by atoms with Crippen LogP contribution < -0.4 is 0 Å². The lowest BCUT2D eigenvalue weighted by molar-refractivity contribution is -0.225. The summed E-state index contributed by atoms with van der Waals surface area (Å²) in [6.45, 7) is 2.56. The molecule has 0 spiro atoms. The van der Waals surface area contributed by atoms with Crippen LogP contribution in [-0.4, -0.2) is 30.3 Å². The Morgan fingerprint density at radius 1 is 0.778 bits per heavy atom. The third-order valence-electron chi connectivity index (χ3n) is 4.09. The molecular weight excluding hydrogens is 361 g/mol. The monoisotopic (exact) mass is 380 g/mol. The van der Waals surface area contributed by atoms with Gasteiger partial charge < -0.3 is 9.47 Å². The molecule has 4 nitrogen and oxygen atoms in total. The summed E-state index contributed by atoms with van der Waals surface area (Å²) in [6.07, 6.45) is -8.35. The zero-order chi connectivity index (χ0) is 20.0. The van der Waals surface area contributed by atoms with Gasteiger partial charge in [-0.25, -0.2) is 9.59 Å². The Kier molecular flexibility index (Phi) is 6.60. The Balaban J connectivity index is 2.11. The van der Waals surface area contributed by atoms with Crippen molar-refractivity contribution in [2.75, 3.05) is 0 Å². The summed E-state index contributed by atoms with van der Waals surface area (Å²) in [7, 11) is 0. The molecule has 0 aliphatic carbocycles. The topological polar surface area (TPSA) is 52.6 Å². The molecule has 27 heavy (non-hydrogen) atoms. The minimum atomic E-state index is -4.81. The second kappa shape index (κ2) is 8.70. The van der Waals surface area contributed by atoms with Crippen LogP contribution in [0.1, 0.15) is 34.6 Å². The Bertz CT molecular complexity index is 760. The predicted molar refractivity (Wildman–Crippen MR) is 92.2 cm³/mol. The Morgan fingerprint density at radius 2 is 1.19 bits per heavy atom. The molecule has 0 heterocycles. The van der Waals surface area contributed by atoms with Gasteiger partial charge in [0.05, 0.1) is 11.1 Å². The maximum absolute atomic E-state index is 13.4. The summed E-state index contributed by atoms with van der Waals surface area (Å²) < 4.78 is 50.2. The van der Waals surface area contributed by atoms with Crippen LogP contribution >= 0.6 is 0 Å². The fourth-order valence-corrected chi connectivity index (χ4v) is 2.39. The number of benzene rings is 2. The molecule has 0 amide bonds. The highest BCUT2D eigenvalue weighted by Crippen LogP contribution is 2.32. The number of carbonyl (C=O) groups excluding carboxylic acids is 2. The van der Waals surface area contributed by atoms with Crippen LogP contribution in [0.3, 0.4) is 0 Å². The maximum Gasteiger partial charge on any atom is 0.425 e. The van der Waals surface area contributed by atoms with Gasteiger partial charge in [0.1, 0.15) is 6.10 Å². The van der Waals surface area contributed by atoms with Crippen LogP contribution in [0, 0.1) is 5.92 Å². The van der Waals surface area contributed by atoms with Gasteiger partial charge in [-0.15, -0.1) is 0 Å². The number of ether oxygens (including phenoxy) is 2. The van der Waals surface area contributed by atoms with Gasteiger partial charge >= 0.3 is 18.1 Å². The zero-order valence-electron chi connectivity index (χ0n) is 14.8. The van der Waals surface area contributed by atoms with Crippen LogP contribution in [0.2, 0.25) is 0 Å². The minimum absolute atomic E-state index is 0.00730. The fourth-order valence-electron chi connectivity index (χ4n) is 2.39. The van der Waals surface area contributed by atoms with E-state index in [0.717, 1.165) is 0 Å². The molecule has 7 heteroatoms. The summed E-state index contributed by atoms with van der Waals surface area (Å²) in [5, 5.41) is 0. The molecule has 0 radical (unpaired) electrons. The summed E-state index contributed by atoms with van der Waals surface area (Å²) in [6, 6.07) is 15.3. The summed E-state index contributed by atoms with van der Waals surface area (Å²) in [4.78, 5) is 24.1. The molecule has 0 aromatic heterocycles. The lowest BCUT2D eigenvalue weighted by Gasteiger charge is -2.30. The van der Waals surface area contributed by atoms with Crippen molar-refractivity contribution < 1.29 is 32.2 Å². The Labute approximate surface area is 154 Å². The van der Waals surface area contributed by atoms with Crippen molar-refractivity contribution in [3.63, 3.8) is 0 Å². The van der Waals surface area contributed by atoms with Crippen molar-refractivity contribution in [2.24, 2.45) is 5.92 Å². The van der Waals surface area contributed by atoms with Gasteiger partial charge in [-0.2, -0.15) is 13.2 Å². The van der Waals surface area contributed by atoms with Crippen LogP contribution in [-0.2, 0) is 9.47 Å². The van der Waals surface area contributed by atoms with Crippen LogP contribution in [0.5, 0.6) is 0 Å². The zero-order valence-corrected chi connectivity index (χ0v) is 14.8. The molecule has 2 aromatic rings. The van der Waals surface area contributed by atoms with E-state index < -0.39 is 36.2 Å². The second-order valence-corrected chi connectivity index (χ2v) is 6.07. The van der Waals surface area contributed by atoms with E-state index in [0.29, 0.717) is 0 Å². The van der Waals surface area contributed by atoms with Crippen molar-refractivity contribution in [1.82, 2.24) is 0 Å². The van der Waals surface area contributed by atoms with Gasteiger partial charge in [0.2, 0.25) is 6.10 Å². The first-order valence-electron chi connectivity index (χ1n) is 8.29. The molecule has 0 saturated heterocycles. The van der Waals surface area contributed by atoms with Crippen molar-refractivity contribution in [2.45, 2.75) is 32.2 Å². The smallest absolute Gasteiger partial charge is 0.425 e. The number of hydrogen-bond acceptors (Lipinski definition) is 4. The van der Waals surface area contributed by atoms with E-state index in [9.17, 15) is 22.8 Å². The molecule has 0 aliphatic rings. The van der Waals surface area contributed by atoms with Crippen LogP contribution in [0.15, 0.2) is 60.7 Å². The number of hydrogen-bond donors (Lipinski definition) is 0. The Hall–Kier alpha value is -2.83. The molecule has 3 unspecified atom stereocenters. The van der Waals surface area contributed by atoms with Crippen molar-refractivity contribution in [1.29, 1.82) is 0 Å². The number of rotatable bonds is 6. The summed E-state index contributed by atoms with van der Waals surface area (Å²) in [5.41, 5.74) is 0.231. The molecule has 0 bridgehead atoms. The van der Waals surface area contributed by atoms with E-state index in [1.165, 1.54) is 50.2 Å². The van der Waals surface area contributed by atoms with Crippen molar-refractivity contribution in [3.8, 4) is 0 Å². The van der Waals surface area contributed by atoms with Gasteiger partial charge in [-0.1, -0.05) is 43.3 Å². The first-order valence-corrected chi connectivity index (χ1v) is 8.29. The normalized spacial score (nSPS) is 14.7. The lowest BCUT2D eigenvalue weighted by atomic mass is 9.98. The number of esters is 2. The maximum atomic E-state index is 13.4. The molecule has 0 saturated carbocycles. The highest BCUT2D eigenvalue weighted by molar-refractivity contribution is 5.90. The van der Waals surface area contributed by atoms with Crippen molar-refractivity contribution >= 4 is 11.9 Å². The third-order valence-corrected chi connectivity index (χ3v) is 4.09. The van der Waals surface area contributed by atoms with E-state index in [1.54, 1.807) is 24.3 Å². The standard InChI is InChI=1S/C20H19F3O4/c1-13(14(2)26-18(24)15-9-5-3-6-10-15)17(20(21,22)23)27-19(25)16-11-7-4-8-12-16/h3-14,17H,1-2H3. The van der Waals surface area contributed by atoms with E-state index in [2.05, 4.69) is 0 Å². The Morgan fingerprint density at radius 3 is 1.59 bits per heavy atom. The number of carbonyl (C=O) groups is 2. The quantitative estimate of drug-likeness (QED) is 0.684. The highest BCUT2D eigenvalue weighted by atomic mass is 19.4. The summed E-state index contributed by atoms with van der Waals surface area (Å²) >= 11 is 0. The molecule has 0 aliphatic heterocycles. The van der Waals surface area contributed by atoms with E-state index >= 15 is 0 Å². The van der Waals surface area contributed by atoms with Crippen molar-refractivity contribution in [3.05, 3.63) is 71.8 Å². The number of halogens is 3. The molecule has 2 aromatic carbocycles. The second-order valence-electron chi connectivity index (χ2n) is 6.07. The van der Waals surface area contributed by atoms with Crippen LogP contribution in [0.4, 0.5) is 13.2 Å². The van der Waals surface area contributed by atoms with Gasteiger partial charge in [-0.3, -0.25) is 0 Å². The third kappa shape index (κ3) is 5.57. The molecule has 3 atom stereocenters. The lowest BCUT2D eigenvalue weighted by Crippen LogP contribution is -2.44. The van der Waals surface area contributed by atoms with Gasteiger partial charge in [0.15, 0.2) is 0 Å². The molecule has 2 rings (SSSR count). The van der Waals surface area contributed by atoms with E-state index in [1.807, 2.05) is 0 Å².